The molecule has 0 saturated carbocycles. The molecule has 0 amide bonds. The summed E-state index contributed by atoms with van der Waals surface area (Å²) >= 11 is 1.69. The van der Waals surface area contributed by atoms with E-state index < -0.39 is 0 Å². The van der Waals surface area contributed by atoms with Gasteiger partial charge in [0.15, 0.2) is 0 Å². The van der Waals surface area contributed by atoms with Crippen molar-refractivity contribution in [1.82, 2.24) is 14.9 Å². The lowest BCUT2D eigenvalue weighted by Crippen LogP contribution is -2.29. The molecule has 0 bridgehead atoms. The summed E-state index contributed by atoms with van der Waals surface area (Å²) in [4.78, 5) is 11.1. The number of hydrogen-bond acceptors (Lipinski definition) is 4. The quantitative estimate of drug-likeness (QED) is 0.838. The second kappa shape index (κ2) is 6.26. The van der Waals surface area contributed by atoms with Crippen molar-refractivity contribution < 1.29 is 0 Å². The van der Waals surface area contributed by atoms with Crippen molar-refractivity contribution in [1.29, 1.82) is 0 Å². The molecule has 1 fully saturated rings. The molecule has 1 aliphatic heterocycles. The predicted molar refractivity (Wildman–Crippen MR) is 78.1 cm³/mol. The Morgan fingerprint density at radius 3 is 3.00 bits per heavy atom. The van der Waals surface area contributed by atoms with E-state index in [2.05, 4.69) is 32.4 Å². The van der Waals surface area contributed by atoms with Gasteiger partial charge in [-0.2, -0.15) is 0 Å². The molecular formula is C15H19N3S. The number of aryl methyl sites for hydroxylation is 1. The topological polar surface area (TPSA) is 29.0 Å². The molecule has 1 atom stereocenters. The number of pyridine rings is 1. The maximum atomic E-state index is 4.40. The molecule has 4 heteroatoms. The number of nitrogens with zero attached hydrogens (tertiary/aromatic N) is 3. The molecule has 3 heterocycles. The molecule has 0 spiro atoms. The molecule has 1 aliphatic rings. The van der Waals surface area contributed by atoms with Gasteiger partial charge < -0.3 is 0 Å². The van der Waals surface area contributed by atoms with Crippen LogP contribution >= 0.6 is 11.3 Å². The van der Waals surface area contributed by atoms with Crippen LogP contribution in [0.1, 0.15) is 30.5 Å². The standard InChI is InChI=1S/C15H19N3S/c1-2-15(4-3-13-5-7-16-8-6-13)18(9-1)10-14-11-19-12-17-14/h5-8,11-12,15H,1-4,9-10H2. The number of likely N-dealkylation sites (tertiary alicyclic amines) is 1. The SMILES string of the molecule is c1cc(CCC2CCCN2Cc2cscn2)ccn1. The molecule has 19 heavy (non-hydrogen) atoms. The molecule has 3 nitrogen and oxygen atoms in total. The molecule has 0 radical (unpaired) electrons. The first-order chi connectivity index (χ1) is 9.42. The number of hydrogen-bond donors (Lipinski definition) is 0. The molecule has 1 saturated heterocycles. The van der Waals surface area contributed by atoms with Crippen molar-refractivity contribution in [3.05, 3.63) is 46.7 Å². The molecule has 0 N–H and O–H groups in total. The zero-order valence-electron chi connectivity index (χ0n) is 11.0. The van der Waals surface area contributed by atoms with Gasteiger partial charge in [-0.25, -0.2) is 4.98 Å². The highest BCUT2D eigenvalue weighted by Gasteiger charge is 2.24. The van der Waals surface area contributed by atoms with Crippen molar-refractivity contribution in [2.45, 2.75) is 38.3 Å². The molecular weight excluding hydrogens is 254 g/mol. The van der Waals surface area contributed by atoms with Crippen LogP contribution in [0.15, 0.2) is 35.4 Å². The molecule has 0 aromatic carbocycles. The van der Waals surface area contributed by atoms with E-state index in [1.54, 1.807) is 11.3 Å². The van der Waals surface area contributed by atoms with Crippen LogP contribution in [0.5, 0.6) is 0 Å². The van der Waals surface area contributed by atoms with Crippen molar-refractivity contribution in [2.24, 2.45) is 0 Å². The lowest BCUT2D eigenvalue weighted by molar-refractivity contribution is 0.232. The summed E-state index contributed by atoms with van der Waals surface area (Å²) in [5.41, 5.74) is 4.55. The second-order valence-corrected chi connectivity index (χ2v) is 5.86. The lowest BCUT2D eigenvalue weighted by Gasteiger charge is -2.23. The maximum Gasteiger partial charge on any atom is 0.0795 e. The Hall–Kier alpha value is -1.26. The third-order valence-corrected chi connectivity index (χ3v) is 4.50. The van der Waals surface area contributed by atoms with Crippen molar-refractivity contribution in [2.75, 3.05) is 6.54 Å². The van der Waals surface area contributed by atoms with Crippen LogP contribution in [-0.4, -0.2) is 27.5 Å². The first-order valence-electron chi connectivity index (χ1n) is 6.92. The van der Waals surface area contributed by atoms with Gasteiger partial charge >= 0.3 is 0 Å². The van der Waals surface area contributed by atoms with E-state index in [0.29, 0.717) is 0 Å². The summed E-state index contributed by atoms with van der Waals surface area (Å²) in [5, 5.41) is 2.16. The van der Waals surface area contributed by atoms with E-state index in [9.17, 15) is 0 Å². The summed E-state index contributed by atoms with van der Waals surface area (Å²) in [6.45, 7) is 2.24. The monoisotopic (exact) mass is 273 g/mol. The maximum absolute atomic E-state index is 4.40. The van der Waals surface area contributed by atoms with Crippen LogP contribution < -0.4 is 0 Å². The van der Waals surface area contributed by atoms with Gasteiger partial charge in [0.2, 0.25) is 0 Å². The van der Waals surface area contributed by atoms with E-state index >= 15 is 0 Å². The van der Waals surface area contributed by atoms with E-state index in [-0.39, 0.29) is 0 Å². The van der Waals surface area contributed by atoms with E-state index in [0.717, 1.165) is 19.0 Å². The van der Waals surface area contributed by atoms with Gasteiger partial charge in [0.1, 0.15) is 0 Å². The number of rotatable bonds is 5. The summed E-state index contributed by atoms with van der Waals surface area (Å²) in [5.74, 6) is 0. The Bertz CT molecular complexity index is 483. The Morgan fingerprint density at radius 2 is 2.21 bits per heavy atom. The zero-order valence-corrected chi connectivity index (χ0v) is 11.9. The molecule has 1 unspecified atom stereocenters. The molecule has 2 aromatic heterocycles. The third-order valence-electron chi connectivity index (χ3n) is 3.86. The van der Waals surface area contributed by atoms with Crippen molar-refractivity contribution >= 4 is 11.3 Å². The van der Waals surface area contributed by atoms with Crippen LogP contribution in [0, 0.1) is 0 Å². The van der Waals surface area contributed by atoms with Crippen LogP contribution in [0.3, 0.4) is 0 Å². The lowest BCUT2D eigenvalue weighted by atomic mass is 10.0. The molecule has 3 rings (SSSR count). The Kier molecular flexibility index (Phi) is 4.20. The highest BCUT2D eigenvalue weighted by atomic mass is 32.1. The Morgan fingerprint density at radius 1 is 1.32 bits per heavy atom. The highest BCUT2D eigenvalue weighted by molar-refractivity contribution is 7.07. The van der Waals surface area contributed by atoms with Gasteiger partial charge in [-0.3, -0.25) is 9.88 Å². The highest BCUT2D eigenvalue weighted by Crippen LogP contribution is 2.23. The van der Waals surface area contributed by atoms with Gasteiger partial charge in [0, 0.05) is 30.4 Å². The van der Waals surface area contributed by atoms with Crippen LogP contribution in [-0.2, 0) is 13.0 Å². The third kappa shape index (κ3) is 3.39. The normalized spacial score (nSPS) is 19.9. The van der Waals surface area contributed by atoms with Crippen LogP contribution in [0.25, 0.3) is 0 Å². The average Bonchev–Trinajstić information content (AvgIpc) is 3.10. The van der Waals surface area contributed by atoms with Gasteiger partial charge in [0.25, 0.3) is 0 Å². The Labute approximate surface area is 118 Å². The van der Waals surface area contributed by atoms with Crippen molar-refractivity contribution in [3.63, 3.8) is 0 Å². The molecule has 2 aromatic rings. The van der Waals surface area contributed by atoms with E-state index in [4.69, 9.17) is 0 Å². The summed E-state index contributed by atoms with van der Waals surface area (Å²) in [7, 11) is 0. The van der Waals surface area contributed by atoms with Gasteiger partial charge in [-0.15, -0.1) is 11.3 Å². The van der Waals surface area contributed by atoms with Crippen molar-refractivity contribution in [3.8, 4) is 0 Å². The fourth-order valence-electron chi connectivity index (χ4n) is 2.84. The van der Waals surface area contributed by atoms with Gasteiger partial charge in [-0.05, 0) is 49.9 Å². The zero-order chi connectivity index (χ0) is 12.9. The van der Waals surface area contributed by atoms with E-state index in [1.165, 1.54) is 37.1 Å². The summed E-state index contributed by atoms with van der Waals surface area (Å²) in [6.07, 6.45) is 8.82. The Balaban J connectivity index is 1.55. The largest absolute Gasteiger partial charge is 0.295 e. The van der Waals surface area contributed by atoms with E-state index in [1.807, 2.05) is 17.9 Å². The van der Waals surface area contributed by atoms with Crippen LogP contribution in [0.2, 0.25) is 0 Å². The van der Waals surface area contributed by atoms with Crippen LogP contribution in [0.4, 0.5) is 0 Å². The second-order valence-electron chi connectivity index (χ2n) is 5.14. The summed E-state index contributed by atoms with van der Waals surface area (Å²) in [6, 6.07) is 4.97. The minimum absolute atomic E-state index is 0.717. The smallest absolute Gasteiger partial charge is 0.0795 e. The minimum Gasteiger partial charge on any atom is -0.295 e. The van der Waals surface area contributed by atoms with Gasteiger partial charge in [-0.1, -0.05) is 0 Å². The number of aromatic nitrogens is 2. The fraction of sp³-hybridized carbons (Fsp3) is 0.467. The minimum atomic E-state index is 0.717. The summed E-state index contributed by atoms with van der Waals surface area (Å²) < 4.78 is 0. The molecule has 0 aliphatic carbocycles. The van der Waals surface area contributed by atoms with Gasteiger partial charge in [0.05, 0.1) is 11.2 Å². The first kappa shape index (κ1) is 12.8. The average molecular weight is 273 g/mol. The predicted octanol–water partition coefficient (Wildman–Crippen LogP) is 3.14. The first-order valence-corrected chi connectivity index (χ1v) is 7.86. The molecule has 100 valence electrons. The fourth-order valence-corrected chi connectivity index (χ4v) is 3.39. The number of thiazole rings is 1.